The van der Waals surface area contributed by atoms with Gasteiger partial charge in [0.05, 0.1) is 0 Å². The molecule has 0 bridgehead atoms. The van der Waals surface area contributed by atoms with Crippen molar-refractivity contribution in [2.75, 3.05) is 5.32 Å². The van der Waals surface area contributed by atoms with E-state index >= 15 is 0 Å². The van der Waals surface area contributed by atoms with Gasteiger partial charge < -0.3 is 5.32 Å². The van der Waals surface area contributed by atoms with Crippen molar-refractivity contribution < 1.29 is 13.6 Å². The van der Waals surface area contributed by atoms with Gasteiger partial charge in [0.25, 0.3) is 5.91 Å². The highest BCUT2D eigenvalue weighted by Crippen LogP contribution is 2.17. The van der Waals surface area contributed by atoms with Gasteiger partial charge in [0.2, 0.25) is 0 Å². The van der Waals surface area contributed by atoms with E-state index in [1.807, 2.05) is 19.1 Å². The molecule has 1 amide bonds. The Morgan fingerprint density at radius 1 is 1.17 bits per heavy atom. The predicted molar refractivity (Wildman–Crippen MR) is 84.4 cm³/mol. The summed E-state index contributed by atoms with van der Waals surface area (Å²) in [6, 6.07) is 12.1. The van der Waals surface area contributed by atoms with E-state index in [-0.39, 0.29) is 5.57 Å². The van der Waals surface area contributed by atoms with Crippen molar-refractivity contribution in [3.8, 4) is 6.07 Å². The van der Waals surface area contributed by atoms with E-state index in [9.17, 15) is 13.6 Å². The smallest absolute Gasteiger partial charge is 0.266 e. The molecule has 0 heterocycles. The molecule has 2 aromatic rings. The minimum absolute atomic E-state index is 0.381. The first kappa shape index (κ1) is 16.4. The normalized spacial score (nSPS) is 11.0. The first-order valence-corrected chi connectivity index (χ1v) is 7.01. The van der Waals surface area contributed by atoms with E-state index in [1.165, 1.54) is 6.07 Å². The molecule has 2 aromatic carbocycles. The van der Waals surface area contributed by atoms with Crippen LogP contribution in [-0.2, 0) is 11.2 Å². The molecule has 0 aliphatic heterocycles. The standard InChI is InChI=1S/C18H14F2N2O/c1-2-12-6-8-14(9-7-12)22-18(23)13(11-21)10-15-16(19)4-3-5-17(15)20/h3-10H,2H2,1H3,(H,22,23)/b13-10+. The van der Waals surface area contributed by atoms with Crippen LogP contribution in [-0.4, -0.2) is 5.91 Å². The first-order valence-electron chi connectivity index (χ1n) is 7.01. The van der Waals surface area contributed by atoms with E-state index in [4.69, 9.17) is 5.26 Å². The fourth-order valence-electron chi connectivity index (χ4n) is 1.96. The summed E-state index contributed by atoms with van der Waals surface area (Å²) in [6.45, 7) is 2.01. The summed E-state index contributed by atoms with van der Waals surface area (Å²) >= 11 is 0. The molecule has 0 aliphatic rings. The van der Waals surface area contributed by atoms with Crippen LogP contribution in [0.4, 0.5) is 14.5 Å². The summed E-state index contributed by atoms with van der Waals surface area (Å²) in [5.41, 5.74) is 0.809. The highest BCUT2D eigenvalue weighted by atomic mass is 19.1. The summed E-state index contributed by atoms with van der Waals surface area (Å²) in [5.74, 6) is -2.39. The fourth-order valence-corrected chi connectivity index (χ4v) is 1.96. The summed E-state index contributed by atoms with van der Waals surface area (Å²) in [7, 11) is 0. The Hall–Kier alpha value is -3.00. The number of nitrogens with zero attached hydrogens (tertiary/aromatic N) is 1. The van der Waals surface area contributed by atoms with Gasteiger partial charge in [-0.25, -0.2) is 8.78 Å². The molecule has 0 saturated heterocycles. The SMILES string of the molecule is CCc1ccc(NC(=O)/C(C#N)=C/c2c(F)cccc2F)cc1. The van der Waals surface area contributed by atoms with Gasteiger partial charge in [0.15, 0.2) is 0 Å². The Bertz CT molecular complexity index is 769. The zero-order valence-electron chi connectivity index (χ0n) is 12.4. The van der Waals surface area contributed by atoms with Crippen molar-refractivity contribution in [1.82, 2.24) is 0 Å². The van der Waals surface area contributed by atoms with Crippen molar-refractivity contribution >= 4 is 17.7 Å². The van der Waals surface area contributed by atoms with E-state index in [0.29, 0.717) is 5.69 Å². The minimum atomic E-state index is -0.835. The third-order valence-electron chi connectivity index (χ3n) is 3.27. The van der Waals surface area contributed by atoms with Gasteiger partial charge in [-0.05, 0) is 42.3 Å². The van der Waals surface area contributed by atoms with Crippen LogP contribution >= 0.6 is 0 Å². The largest absolute Gasteiger partial charge is 0.321 e. The van der Waals surface area contributed by atoms with E-state index in [2.05, 4.69) is 5.32 Å². The number of halogens is 2. The Balaban J connectivity index is 2.24. The summed E-state index contributed by atoms with van der Waals surface area (Å²) in [6.07, 6.45) is 1.77. The number of amides is 1. The number of nitrogens with one attached hydrogen (secondary N) is 1. The van der Waals surface area contributed by atoms with Crippen molar-refractivity contribution in [2.24, 2.45) is 0 Å². The van der Waals surface area contributed by atoms with Crippen LogP contribution < -0.4 is 5.32 Å². The lowest BCUT2D eigenvalue weighted by Crippen LogP contribution is -2.13. The Morgan fingerprint density at radius 2 is 1.78 bits per heavy atom. The number of carbonyl (C=O) groups excluding carboxylic acids is 1. The molecule has 116 valence electrons. The third kappa shape index (κ3) is 4.01. The van der Waals surface area contributed by atoms with Gasteiger partial charge in [0.1, 0.15) is 23.3 Å². The monoisotopic (exact) mass is 312 g/mol. The van der Waals surface area contributed by atoms with Crippen LogP contribution in [0.25, 0.3) is 6.08 Å². The molecule has 3 nitrogen and oxygen atoms in total. The maximum atomic E-state index is 13.6. The molecule has 23 heavy (non-hydrogen) atoms. The van der Waals surface area contributed by atoms with Gasteiger partial charge >= 0.3 is 0 Å². The molecule has 0 atom stereocenters. The van der Waals surface area contributed by atoms with Crippen LogP contribution in [0.2, 0.25) is 0 Å². The Kier molecular flexibility index (Phi) is 5.21. The molecule has 0 aromatic heterocycles. The Labute approximate surface area is 132 Å². The fraction of sp³-hybridized carbons (Fsp3) is 0.111. The number of hydrogen-bond donors (Lipinski definition) is 1. The van der Waals surface area contributed by atoms with Crippen molar-refractivity contribution in [3.05, 3.63) is 70.8 Å². The molecule has 1 N–H and O–H groups in total. The van der Waals surface area contributed by atoms with Crippen molar-refractivity contribution in [2.45, 2.75) is 13.3 Å². The number of anilines is 1. The Morgan fingerprint density at radius 3 is 2.30 bits per heavy atom. The van der Waals surface area contributed by atoms with Gasteiger partial charge in [-0.15, -0.1) is 0 Å². The second kappa shape index (κ2) is 7.32. The summed E-state index contributed by atoms with van der Waals surface area (Å²) < 4.78 is 27.2. The van der Waals surface area contributed by atoms with Crippen LogP contribution in [0.1, 0.15) is 18.1 Å². The minimum Gasteiger partial charge on any atom is -0.321 e. The number of benzene rings is 2. The van der Waals surface area contributed by atoms with Gasteiger partial charge in [-0.3, -0.25) is 4.79 Å². The van der Waals surface area contributed by atoms with Crippen LogP contribution in [0.3, 0.4) is 0 Å². The maximum absolute atomic E-state index is 13.6. The quantitative estimate of drug-likeness (QED) is 0.683. The van der Waals surface area contributed by atoms with Crippen LogP contribution in [0, 0.1) is 23.0 Å². The molecule has 0 saturated carbocycles. The second-order valence-corrected chi connectivity index (χ2v) is 4.81. The van der Waals surface area contributed by atoms with E-state index < -0.39 is 23.1 Å². The lowest BCUT2D eigenvalue weighted by Gasteiger charge is -2.06. The lowest BCUT2D eigenvalue weighted by molar-refractivity contribution is -0.112. The molecule has 2 rings (SSSR count). The highest BCUT2D eigenvalue weighted by molar-refractivity contribution is 6.09. The molecule has 0 radical (unpaired) electrons. The van der Waals surface area contributed by atoms with Crippen molar-refractivity contribution in [3.63, 3.8) is 0 Å². The number of aryl methyl sites for hydroxylation is 1. The third-order valence-corrected chi connectivity index (χ3v) is 3.27. The summed E-state index contributed by atoms with van der Waals surface area (Å²) in [5, 5.41) is 11.6. The van der Waals surface area contributed by atoms with Crippen LogP contribution in [0.5, 0.6) is 0 Å². The molecule has 5 heteroatoms. The predicted octanol–water partition coefficient (Wildman–Crippen LogP) is 4.07. The van der Waals surface area contributed by atoms with Crippen LogP contribution in [0.15, 0.2) is 48.0 Å². The average Bonchev–Trinajstić information content (AvgIpc) is 2.55. The molecule has 0 unspecified atom stereocenters. The lowest BCUT2D eigenvalue weighted by atomic mass is 10.1. The summed E-state index contributed by atoms with van der Waals surface area (Å²) in [4.78, 5) is 12.1. The molecule has 0 spiro atoms. The molecule has 0 fully saturated rings. The zero-order chi connectivity index (χ0) is 16.8. The van der Waals surface area contributed by atoms with Gasteiger partial charge in [-0.1, -0.05) is 25.1 Å². The topological polar surface area (TPSA) is 52.9 Å². The second-order valence-electron chi connectivity index (χ2n) is 4.81. The molecule has 0 aliphatic carbocycles. The van der Waals surface area contributed by atoms with E-state index in [0.717, 1.165) is 30.2 Å². The zero-order valence-corrected chi connectivity index (χ0v) is 12.4. The van der Waals surface area contributed by atoms with Gasteiger partial charge in [-0.2, -0.15) is 5.26 Å². The first-order chi connectivity index (χ1) is 11.0. The number of nitriles is 1. The number of hydrogen-bond acceptors (Lipinski definition) is 2. The van der Waals surface area contributed by atoms with Gasteiger partial charge in [0, 0.05) is 11.3 Å². The number of rotatable bonds is 4. The molecular weight excluding hydrogens is 298 g/mol. The average molecular weight is 312 g/mol. The molecular formula is C18H14F2N2O. The van der Waals surface area contributed by atoms with E-state index in [1.54, 1.807) is 18.2 Å². The maximum Gasteiger partial charge on any atom is 0.266 e. The highest BCUT2D eigenvalue weighted by Gasteiger charge is 2.13. The van der Waals surface area contributed by atoms with Crippen molar-refractivity contribution in [1.29, 1.82) is 5.26 Å². The number of carbonyl (C=O) groups is 1.